The second-order valence-electron chi connectivity index (χ2n) is 6.92. The molecule has 6 heteroatoms. The molecule has 134 valence electrons. The summed E-state index contributed by atoms with van der Waals surface area (Å²) in [7, 11) is 0. The van der Waals surface area contributed by atoms with Crippen molar-refractivity contribution in [1.82, 2.24) is 20.4 Å². The van der Waals surface area contributed by atoms with Gasteiger partial charge in [-0.25, -0.2) is 0 Å². The summed E-state index contributed by atoms with van der Waals surface area (Å²) in [5.74, 6) is 1.25. The Balaban J connectivity index is 1.51. The average molecular weight is 342 g/mol. The summed E-state index contributed by atoms with van der Waals surface area (Å²) >= 11 is 0. The van der Waals surface area contributed by atoms with Crippen LogP contribution in [0.25, 0.3) is 11.5 Å². The van der Waals surface area contributed by atoms with Gasteiger partial charge in [0.15, 0.2) is 5.82 Å². The average Bonchev–Trinajstić information content (AvgIpc) is 3.11. The summed E-state index contributed by atoms with van der Waals surface area (Å²) in [6.45, 7) is 7.64. The summed E-state index contributed by atoms with van der Waals surface area (Å²) in [5.41, 5.74) is 0.598. The topological polar surface area (TPSA) is 71.3 Å². The van der Waals surface area contributed by atoms with Gasteiger partial charge < -0.3 is 14.7 Å². The van der Waals surface area contributed by atoms with E-state index >= 15 is 0 Å². The zero-order valence-corrected chi connectivity index (χ0v) is 15.0. The molecule has 0 bridgehead atoms. The summed E-state index contributed by atoms with van der Waals surface area (Å²) in [4.78, 5) is 19.3. The number of hydrogen-bond donors (Lipinski definition) is 1. The number of piperidine rings is 1. The highest BCUT2D eigenvalue weighted by Crippen LogP contribution is 2.29. The maximum absolute atomic E-state index is 12.6. The van der Waals surface area contributed by atoms with Gasteiger partial charge in [0.2, 0.25) is 5.91 Å². The maximum Gasteiger partial charge on any atom is 0.257 e. The molecule has 0 radical (unpaired) electrons. The van der Waals surface area contributed by atoms with Gasteiger partial charge >= 0.3 is 0 Å². The van der Waals surface area contributed by atoms with Crippen LogP contribution in [0.5, 0.6) is 0 Å². The van der Waals surface area contributed by atoms with Crippen molar-refractivity contribution in [1.29, 1.82) is 0 Å². The lowest BCUT2D eigenvalue weighted by atomic mass is 9.81. The number of nitrogens with zero attached hydrogens (tertiary/aromatic N) is 3. The maximum atomic E-state index is 12.6. The van der Waals surface area contributed by atoms with E-state index in [-0.39, 0.29) is 11.3 Å². The van der Waals surface area contributed by atoms with E-state index in [9.17, 15) is 4.79 Å². The summed E-state index contributed by atoms with van der Waals surface area (Å²) in [5, 5.41) is 7.05. The molecule has 2 aromatic rings. The molecular formula is C19H26N4O2. The highest BCUT2D eigenvalue weighted by molar-refractivity contribution is 5.82. The second kappa shape index (κ2) is 7.78. The number of carbonyl (C=O) groups excluding carboxylic acids is 1. The third-order valence-corrected chi connectivity index (χ3v) is 4.89. The minimum absolute atomic E-state index is 0.123. The van der Waals surface area contributed by atoms with Crippen LogP contribution in [-0.4, -0.2) is 47.1 Å². The Bertz CT molecular complexity index is 700. The van der Waals surface area contributed by atoms with Crippen LogP contribution in [0, 0.1) is 5.41 Å². The normalized spacial score (nSPS) is 21.2. The highest BCUT2D eigenvalue weighted by atomic mass is 16.5. The predicted octanol–water partition coefficient (Wildman–Crippen LogP) is 2.52. The van der Waals surface area contributed by atoms with Crippen LogP contribution in [0.1, 0.15) is 32.5 Å². The molecule has 1 aliphatic heterocycles. The van der Waals surface area contributed by atoms with E-state index in [0.29, 0.717) is 24.7 Å². The van der Waals surface area contributed by atoms with Crippen LogP contribution in [0.15, 0.2) is 34.9 Å². The van der Waals surface area contributed by atoms with Gasteiger partial charge in [0.05, 0.1) is 5.41 Å². The van der Waals surface area contributed by atoms with Crippen molar-refractivity contribution in [2.24, 2.45) is 5.41 Å². The Morgan fingerprint density at radius 2 is 2.16 bits per heavy atom. The summed E-state index contributed by atoms with van der Waals surface area (Å²) in [6, 6.07) is 9.68. The SMILES string of the molecule is CCN1CCC[C@@](C)(C(=O)NCCc2noc(-c3ccccc3)n2)C1. The van der Waals surface area contributed by atoms with Crippen molar-refractivity contribution in [2.75, 3.05) is 26.2 Å². The van der Waals surface area contributed by atoms with Crippen molar-refractivity contribution in [3.05, 3.63) is 36.2 Å². The number of carbonyl (C=O) groups is 1. The van der Waals surface area contributed by atoms with E-state index in [1.807, 2.05) is 30.3 Å². The van der Waals surface area contributed by atoms with Gasteiger partial charge in [-0.2, -0.15) is 4.98 Å². The van der Waals surface area contributed by atoms with E-state index in [1.54, 1.807) is 0 Å². The molecule has 0 aliphatic carbocycles. The van der Waals surface area contributed by atoms with Crippen molar-refractivity contribution >= 4 is 5.91 Å². The highest BCUT2D eigenvalue weighted by Gasteiger charge is 2.37. The number of aromatic nitrogens is 2. The Hall–Kier alpha value is -2.21. The molecule has 1 N–H and O–H groups in total. The van der Waals surface area contributed by atoms with Crippen LogP contribution >= 0.6 is 0 Å². The molecule has 3 rings (SSSR count). The first kappa shape index (κ1) is 17.6. The molecule has 2 heterocycles. The van der Waals surface area contributed by atoms with Gasteiger partial charge in [-0.15, -0.1) is 0 Å². The molecule has 0 unspecified atom stereocenters. The molecule has 1 saturated heterocycles. The Morgan fingerprint density at radius 1 is 1.36 bits per heavy atom. The largest absolute Gasteiger partial charge is 0.355 e. The van der Waals surface area contributed by atoms with Crippen molar-refractivity contribution in [3.8, 4) is 11.5 Å². The molecule has 0 saturated carbocycles. The number of likely N-dealkylation sites (tertiary alicyclic amines) is 1. The van der Waals surface area contributed by atoms with Crippen LogP contribution < -0.4 is 5.32 Å². The fourth-order valence-corrected chi connectivity index (χ4v) is 3.35. The molecule has 1 fully saturated rings. The number of nitrogens with one attached hydrogen (secondary N) is 1. The lowest BCUT2D eigenvalue weighted by molar-refractivity contribution is -0.133. The first-order valence-electron chi connectivity index (χ1n) is 8.99. The van der Waals surface area contributed by atoms with Crippen LogP contribution in [0.4, 0.5) is 0 Å². The zero-order chi connectivity index (χ0) is 17.7. The Kier molecular flexibility index (Phi) is 5.48. The van der Waals surface area contributed by atoms with Crippen LogP contribution in [0.3, 0.4) is 0 Å². The van der Waals surface area contributed by atoms with Crippen molar-refractivity contribution < 1.29 is 9.32 Å². The van der Waals surface area contributed by atoms with Gasteiger partial charge in [0.25, 0.3) is 5.89 Å². The number of benzene rings is 1. The Morgan fingerprint density at radius 3 is 2.92 bits per heavy atom. The van der Waals surface area contributed by atoms with Gasteiger partial charge in [-0.3, -0.25) is 4.79 Å². The third-order valence-electron chi connectivity index (χ3n) is 4.89. The minimum atomic E-state index is -0.305. The van der Waals surface area contributed by atoms with E-state index in [4.69, 9.17) is 4.52 Å². The molecule has 6 nitrogen and oxygen atoms in total. The van der Waals surface area contributed by atoms with Gasteiger partial charge in [-0.1, -0.05) is 30.3 Å². The fraction of sp³-hybridized carbons (Fsp3) is 0.526. The Labute approximate surface area is 148 Å². The predicted molar refractivity (Wildman–Crippen MR) is 95.9 cm³/mol. The number of rotatable bonds is 6. The van der Waals surface area contributed by atoms with Gasteiger partial charge in [-0.05, 0) is 45.0 Å². The van der Waals surface area contributed by atoms with Gasteiger partial charge in [0, 0.05) is 25.1 Å². The monoisotopic (exact) mass is 342 g/mol. The van der Waals surface area contributed by atoms with E-state index < -0.39 is 0 Å². The first-order chi connectivity index (χ1) is 12.1. The molecule has 1 atom stereocenters. The summed E-state index contributed by atoms with van der Waals surface area (Å²) in [6.07, 6.45) is 2.58. The molecule has 1 aromatic carbocycles. The van der Waals surface area contributed by atoms with Crippen molar-refractivity contribution in [2.45, 2.75) is 33.1 Å². The first-order valence-corrected chi connectivity index (χ1v) is 8.99. The zero-order valence-electron chi connectivity index (χ0n) is 15.0. The fourth-order valence-electron chi connectivity index (χ4n) is 3.35. The quantitative estimate of drug-likeness (QED) is 0.873. The van der Waals surface area contributed by atoms with Crippen molar-refractivity contribution in [3.63, 3.8) is 0 Å². The molecular weight excluding hydrogens is 316 g/mol. The molecule has 1 aliphatic rings. The van der Waals surface area contributed by atoms with E-state index in [0.717, 1.165) is 38.0 Å². The summed E-state index contributed by atoms with van der Waals surface area (Å²) < 4.78 is 5.29. The smallest absolute Gasteiger partial charge is 0.257 e. The van der Waals surface area contributed by atoms with Gasteiger partial charge in [0.1, 0.15) is 0 Å². The van der Waals surface area contributed by atoms with E-state index in [1.165, 1.54) is 0 Å². The third kappa shape index (κ3) is 4.25. The van der Waals surface area contributed by atoms with E-state index in [2.05, 4.69) is 34.2 Å². The minimum Gasteiger partial charge on any atom is -0.355 e. The second-order valence-corrected chi connectivity index (χ2v) is 6.92. The number of amides is 1. The number of hydrogen-bond acceptors (Lipinski definition) is 5. The van der Waals surface area contributed by atoms with Crippen LogP contribution in [-0.2, 0) is 11.2 Å². The molecule has 0 spiro atoms. The standard InChI is InChI=1S/C19H26N4O2/c1-3-23-13-7-11-19(2,14-23)18(24)20-12-10-16-21-17(25-22-16)15-8-5-4-6-9-15/h4-6,8-9H,3,7,10-14H2,1-2H3,(H,20,24)/t19-/m1/s1. The lowest BCUT2D eigenvalue weighted by Gasteiger charge is -2.38. The van der Waals surface area contributed by atoms with Crippen LogP contribution in [0.2, 0.25) is 0 Å². The molecule has 1 amide bonds. The lowest BCUT2D eigenvalue weighted by Crippen LogP contribution is -2.50. The molecule has 25 heavy (non-hydrogen) atoms. The molecule has 1 aromatic heterocycles.